The fourth-order valence-corrected chi connectivity index (χ4v) is 2.03. The van der Waals surface area contributed by atoms with E-state index in [4.69, 9.17) is 10.5 Å². The molecule has 2 rings (SSSR count). The lowest BCUT2D eigenvalue weighted by atomic mass is 10.1. The van der Waals surface area contributed by atoms with Crippen LogP contribution in [-0.4, -0.2) is 37.6 Å². The summed E-state index contributed by atoms with van der Waals surface area (Å²) in [5.74, 6) is 1.58. The van der Waals surface area contributed by atoms with Gasteiger partial charge in [0.2, 0.25) is 0 Å². The van der Waals surface area contributed by atoms with Crippen molar-refractivity contribution in [1.29, 1.82) is 0 Å². The molecular formula is C15H23N3O. The number of benzene rings is 1. The molecule has 0 heterocycles. The van der Waals surface area contributed by atoms with Crippen molar-refractivity contribution in [2.75, 3.05) is 20.7 Å². The first-order valence-corrected chi connectivity index (χ1v) is 6.86. The fourth-order valence-electron chi connectivity index (χ4n) is 2.03. The Balaban J connectivity index is 1.71. The lowest BCUT2D eigenvalue weighted by Crippen LogP contribution is -2.35. The van der Waals surface area contributed by atoms with Crippen LogP contribution in [-0.2, 0) is 6.42 Å². The third-order valence-electron chi connectivity index (χ3n) is 3.51. The largest absolute Gasteiger partial charge is 0.497 e. The molecule has 2 N–H and O–H groups in total. The number of rotatable bonds is 6. The molecule has 0 aliphatic heterocycles. The normalized spacial score (nSPS) is 15.4. The summed E-state index contributed by atoms with van der Waals surface area (Å²) in [6, 6.07) is 8.82. The number of nitrogens with two attached hydrogens (primary N) is 1. The van der Waals surface area contributed by atoms with Gasteiger partial charge in [0, 0.05) is 19.6 Å². The molecule has 1 fully saturated rings. The van der Waals surface area contributed by atoms with Gasteiger partial charge in [-0.25, -0.2) is 0 Å². The molecule has 4 heteroatoms. The molecule has 1 aliphatic carbocycles. The second-order valence-electron chi connectivity index (χ2n) is 5.03. The fraction of sp³-hybridized carbons (Fsp3) is 0.533. The van der Waals surface area contributed by atoms with Gasteiger partial charge in [-0.05, 0) is 43.4 Å². The molecule has 1 saturated carbocycles. The lowest BCUT2D eigenvalue weighted by molar-refractivity contribution is 0.414. The Morgan fingerprint density at radius 3 is 2.63 bits per heavy atom. The van der Waals surface area contributed by atoms with E-state index in [9.17, 15) is 0 Å². The Kier molecular flexibility index (Phi) is 4.66. The first-order valence-electron chi connectivity index (χ1n) is 6.86. The third-order valence-corrected chi connectivity index (χ3v) is 3.51. The van der Waals surface area contributed by atoms with Gasteiger partial charge in [-0.3, -0.25) is 4.99 Å². The van der Waals surface area contributed by atoms with E-state index in [0.717, 1.165) is 25.1 Å². The van der Waals surface area contributed by atoms with Gasteiger partial charge in [0.25, 0.3) is 0 Å². The maximum absolute atomic E-state index is 5.93. The molecule has 0 amide bonds. The zero-order valence-electron chi connectivity index (χ0n) is 11.8. The minimum Gasteiger partial charge on any atom is -0.497 e. The topological polar surface area (TPSA) is 50.9 Å². The van der Waals surface area contributed by atoms with Crippen LogP contribution in [0.25, 0.3) is 0 Å². The molecule has 0 unspecified atom stereocenters. The summed E-state index contributed by atoms with van der Waals surface area (Å²) in [5, 5.41) is 0. The Morgan fingerprint density at radius 2 is 2.05 bits per heavy atom. The van der Waals surface area contributed by atoms with Crippen molar-refractivity contribution >= 4 is 5.96 Å². The number of aliphatic imine (C=N–C) groups is 1. The van der Waals surface area contributed by atoms with E-state index in [-0.39, 0.29) is 0 Å². The number of ether oxygens (including phenoxy) is 1. The second-order valence-corrected chi connectivity index (χ2v) is 5.03. The van der Waals surface area contributed by atoms with Crippen molar-refractivity contribution < 1.29 is 4.74 Å². The molecule has 104 valence electrons. The van der Waals surface area contributed by atoms with E-state index in [1.165, 1.54) is 18.4 Å². The second kappa shape index (κ2) is 6.45. The summed E-state index contributed by atoms with van der Waals surface area (Å²) in [5.41, 5.74) is 7.25. The molecule has 19 heavy (non-hydrogen) atoms. The maximum Gasteiger partial charge on any atom is 0.191 e. The summed E-state index contributed by atoms with van der Waals surface area (Å²) in [6.45, 7) is 0.787. The van der Waals surface area contributed by atoms with Crippen LogP contribution >= 0.6 is 0 Å². The van der Waals surface area contributed by atoms with Crippen LogP contribution in [0.3, 0.4) is 0 Å². The monoisotopic (exact) mass is 261 g/mol. The van der Waals surface area contributed by atoms with Gasteiger partial charge in [0.1, 0.15) is 5.75 Å². The van der Waals surface area contributed by atoms with Crippen molar-refractivity contribution in [3.8, 4) is 5.75 Å². The van der Waals surface area contributed by atoms with E-state index < -0.39 is 0 Å². The van der Waals surface area contributed by atoms with Crippen molar-refractivity contribution in [1.82, 2.24) is 4.90 Å². The summed E-state index contributed by atoms with van der Waals surface area (Å²) >= 11 is 0. The minimum atomic E-state index is 0.630. The predicted octanol–water partition coefficient (Wildman–Crippen LogP) is 2.04. The van der Waals surface area contributed by atoms with Crippen molar-refractivity contribution in [2.24, 2.45) is 10.7 Å². The van der Waals surface area contributed by atoms with Crippen LogP contribution in [0.4, 0.5) is 0 Å². The van der Waals surface area contributed by atoms with E-state index in [2.05, 4.69) is 22.0 Å². The lowest BCUT2D eigenvalue weighted by Gasteiger charge is -2.16. The SMILES string of the molecule is COc1ccc(CCCN=C(N)N(C)C2CC2)cc1. The van der Waals surface area contributed by atoms with E-state index in [0.29, 0.717) is 12.0 Å². The first-order chi connectivity index (χ1) is 9.20. The highest BCUT2D eigenvalue weighted by molar-refractivity contribution is 5.78. The van der Waals surface area contributed by atoms with Crippen molar-refractivity contribution in [3.05, 3.63) is 29.8 Å². The van der Waals surface area contributed by atoms with Gasteiger partial charge in [0.15, 0.2) is 5.96 Å². The highest BCUT2D eigenvalue weighted by Gasteiger charge is 2.27. The standard InChI is InChI=1S/C15H23N3O/c1-18(13-7-8-13)15(16)17-11-3-4-12-5-9-14(19-2)10-6-12/h5-6,9-10,13H,3-4,7-8,11H2,1-2H3,(H2,16,17). The zero-order valence-corrected chi connectivity index (χ0v) is 11.8. The summed E-state index contributed by atoms with van der Waals surface area (Å²) in [7, 11) is 3.71. The van der Waals surface area contributed by atoms with Crippen LogP contribution in [0.2, 0.25) is 0 Å². The number of hydrogen-bond acceptors (Lipinski definition) is 2. The van der Waals surface area contributed by atoms with Crippen molar-refractivity contribution in [3.63, 3.8) is 0 Å². The van der Waals surface area contributed by atoms with Gasteiger partial charge >= 0.3 is 0 Å². The summed E-state index contributed by atoms with van der Waals surface area (Å²) < 4.78 is 5.14. The summed E-state index contributed by atoms with van der Waals surface area (Å²) in [6.07, 6.45) is 4.54. The number of methoxy groups -OCH3 is 1. The van der Waals surface area contributed by atoms with Crippen LogP contribution in [0.5, 0.6) is 5.75 Å². The summed E-state index contributed by atoms with van der Waals surface area (Å²) in [4.78, 5) is 6.52. The van der Waals surface area contributed by atoms with Gasteiger partial charge in [-0.15, -0.1) is 0 Å². The Bertz CT molecular complexity index is 424. The molecule has 1 aromatic carbocycles. The molecule has 0 saturated heterocycles. The Labute approximate surface area is 115 Å². The molecule has 4 nitrogen and oxygen atoms in total. The number of nitrogens with zero attached hydrogens (tertiary/aromatic N) is 2. The van der Waals surface area contributed by atoms with E-state index in [1.54, 1.807) is 7.11 Å². The Morgan fingerprint density at radius 1 is 1.37 bits per heavy atom. The van der Waals surface area contributed by atoms with Gasteiger partial charge in [-0.2, -0.15) is 0 Å². The van der Waals surface area contributed by atoms with Crippen LogP contribution in [0, 0.1) is 0 Å². The number of guanidine groups is 1. The highest BCUT2D eigenvalue weighted by atomic mass is 16.5. The maximum atomic E-state index is 5.93. The van der Waals surface area contributed by atoms with Crippen LogP contribution < -0.4 is 10.5 Å². The van der Waals surface area contributed by atoms with Gasteiger partial charge < -0.3 is 15.4 Å². The number of aryl methyl sites for hydroxylation is 1. The predicted molar refractivity (Wildman–Crippen MR) is 78.6 cm³/mol. The van der Waals surface area contributed by atoms with Gasteiger partial charge in [0.05, 0.1) is 7.11 Å². The quantitative estimate of drug-likeness (QED) is 0.484. The van der Waals surface area contributed by atoms with Crippen LogP contribution in [0.15, 0.2) is 29.3 Å². The minimum absolute atomic E-state index is 0.630. The molecule has 0 aromatic heterocycles. The first kappa shape index (κ1) is 13.7. The third kappa shape index (κ3) is 4.16. The van der Waals surface area contributed by atoms with E-state index in [1.807, 2.05) is 19.2 Å². The molecular weight excluding hydrogens is 238 g/mol. The Hall–Kier alpha value is -1.71. The highest BCUT2D eigenvalue weighted by Crippen LogP contribution is 2.24. The molecule has 0 atom stereocenters. The van der Waals surface area contributed by atoms with Crippen LogP contribution in [0.1, 0.15) is 24.8 Å². The molecule has 1 aliphatic rings. The average Bonchev–Trinajstić information content (AvgIpc) is 3.27. The zero-order chi connectivity index (χ0) is 13.7. The molecule has 0 spiro atoms. The molecule has 1 aromatic rings. The molecule has 0 radical (unpaired) electrons. The van der Waals surface area contributed by atoms with E-state index >= 15 is 0 Å². The average molecular weight is 261 g/mol. The van der Waals surface area contributed by atoms with Crippen molar-refractivity contribution in [2.45, 2.75) is 31.7 Å². The molecule has 0 bridgehead atoms. The van der Waals surface area contributed by atoms with Gasteiger partial charge in [-0.1, -0.05) is 12.1 Å². The smallest absolute Gasteiger partial charge is 0.191 e. The number of hydrogen-bond donors (Lipinski definition) is 1.